The second-order valence-corrected chi connectivity index (χ2v) is 4.83. The minimum absolute atomic E-state index is 0.0419. The van der Waals surface area contributed by atoms with E-state index in [0.29, 0.717) is 6.04 Å². The average molecular weight is 248 g/mol. The third kappa shape index (κ3) is 1.62. The van der Waals surface area contributed by atoms with E-state index in [0.717, 1.165) is 26.0 Å². The molecule has 0 aliphatic carbocycles. The summed E-state index contributed by atoms with van der Waals surface area (Å²) in [5.74, 6) is 0.238. The molecule has 0 saturated carbocycles. The first kappa shape index (κ1) is 9.46. The van der Waals surface area contributed by atoms with Crippen LogP contribution >= 0.6 is 15.9 Å². The van der Waals surface area contributed by atoms with Gasteiger partial charge in [0.25, 0.3) is 0 Å². The van der Waals surface area contributed by atoms with Crippen molar-refractivity contribution in [1.29, 1.82) is 0 Å². The number of likely N-dealkylation sites (tertiary alicyclic amines) is 1. The van der Waals surface area contributed by atoms with Crippen molar-refractivity contribution < 1.29 is 9.53 Å². The molecule has 0 aromatic rings. The molecule has 2 aliphatic heterocycles. The lowest BCUT2D eigenvalue weighted by molar-refractivity contribution is -0.130. The van der Waals surface area contributed by atoms with Gasteiger partial charge in [0.15, 0.2) is 0 Å². The summed E-state index contributed by atoms with van der Waals surface area (Å²) in [5.41, 5.74) is 0. The van der Waals surface area contributed by atoms with E-state index in [1.54, 1.807) is 0 Å². The van der Waals surface area contributed by atoms with E-state index in [9.17, 15) is 4.79 Å². The predicted molar refractivity (Wildman–Crippen MR) is 52.9 cm³/mol. The largest absolute Gasteiger partial charge is 0.376 e. The van der Waals surface area contributed by atoms with Crippen LogP contribution in [0, 0.1) is 0 Å². The zero-order valence-electron chi connectivity index (χ0n) is 7.70. The Balaban J connectivity index is 2.04. The molecule has 0 aromatic carbocycles. The predicted octanol–water partition coefficient (Wildman–Crippen LogP) is 1.16. The molecule has 0 spiro atoms. The molecule has 2 saturated heterocycles. The third-order valence-electron chi connectivity index (χ3n) is 2.91. The number of carbonyl (C=O) groups excluding carboxylic acids is 1. The normalized spacial score (nSPS) is 40.3. The summed E-state index contributed by atoms with van der Waals surface area (Å²) in [5, 5.41) is 0. The number of amides is 1. The molecule has 2 fully saturated rings. The lowest BCUT2D eigenvalue weighted by Gasteiger charge is -2.26. The minimum atomic E-state index is 0.0419. The summed E-state index contributed by atoms with van der Waals surface area (Å²) >= 11 is 3.38. The second kappa shape index (κ2) is 3.58. The van der Waals surface area contributed by atoms with Crippen LogP contribution in [0.3, 0.4) is 0 Å². The van der Waals surface area contributed by atoms with Crippen molar-refractivity contribution in [2.75, 3.05) is 13.2 Å². The lowest BCUT2D eigenvalue weighted by Crippen LogP contribution is -2.41. The first-order valence-corrected chi connectivity index (χ1v) is 5.68. The van der Waals surface area contributed by atoms with E-state index in [4.69, 9.17) is 4.74 Å². The second-order valence-electron chi connectivity index (χ2n) is 3.72. The fraction of sp³-hybridized carbons (Fsp3) is 0.889. The Kier molecular flexibility index (Phi) is 2.60. The van der Waals surface area contributed by atoms with Crippen molar-refractivity contribution in [2.24, 2.45) is 0 Å². The van der Waals surface area contributed by atoms with Crippen LogP contribution in [-0.4, -0.2) is 40.9 Å². The van der Waals surface area contributed by atoms with Gasteiger partial charge in [0.2, 0.25) is 5.91 Å². The fourth-order valence-electron chi connectivity index (χ4n) is 2.12. The van der Waals surface area contributed by atoms with Crippen molar-refractivity contribution in [3.05, 3.63) is 0 Å². The molecular formula is C9H14BrNO2. The van der Waals surface area contributed by atoms with Crippen molar-refractivity contribution in [2.45, 2.75) is 36.7 Å². The standard InChI is InChI=1S/C9H14BrNO2/c1-6-8(3-5-13-6)11-4-2-7(10)9(11)12/h6-8H,2-5H2,1H3. The quantitative estimate of drug-likeness (QED) is 0.652. The molecule has 1 amide bonds. The van der Waals surface area contributed by atoms with Gasteiger partial charge < -0.3 is 9.64 Å². The fourth-order valence-corrected chi connectivity index (χ4v) is 2.59. The number of hydrogen-bond donors (Lipinski definition) is 0. The number of alkyl halides is 1. The number of rotatable bonds is 1. The van der Waals surface area contributed by atoms with Gasteiger partial charge in [0, 0.05) is 13.2 Å². The summed E-state index contributed by atoms with van der Waals surface area (Å²) in [6.07, 6.45) is 2.14. The molecule has 3 unspecified atom stereocenters. The molecule has 2 rings (SSSR count). The lowest BCUT2D eigenvalue weighted by atomic mass is 10.1. The Labute approximate surface area is 86.5 Å². The van der Waals surface area contributed by atoms with E-state index in [-0.39, 0.29) is 16.8 Å². The highest BCUT2D eigenvalue weighted by molar-refractivity contribution is 9.10. The Morgan fingerprint density at radius 2 is 2.31 bits per heavy atom. The van der Waals surface area contributed by atoms with Crippen LogP contribution in [0.4, 0.5) is 0 Å². The van der Waals surface area contributed by atoms with E-state index in [2.05, 4.69) is 15.9 Å². The molecular weight excluding hydrogens is 234 g/mol. The summed E-state index contributed by atoms with van der Waals surface area (Å²) in [6.45, 7) is 3.72. The van der Waals surface area contributed by atoms with E-state index in [1.165, 1.54) is 0 Å². The molecule has 13 heavy (non-hydrogen) atoms. The van der Waals surface area contributed by atoms with Crippen molar-refractivity contribution in [1.82, 2.24) is 4.90 Å². The number of ether oxygens (including phenoxy) is 1. The zero-order valence-corrected chi connectivity index (χ0v) is 9.29. The van der Waals surface area contributed by atoms with Crippen molar-refractivity contribution in [3.63, 3.8) is 0 Å². The highest BCUT2D eigenvalue weighted by Crippen LogP contribution is 2.27. The smallest absolute Gasteiger partial charge is 0.236 e. The zero-order chi connectivity index (χ0) is 9.42. The SMILES string of the molecule is CC1OCCC1N1CCC(Br)C1=O. The number of nitrogens with zero attached hydrogens (tertiary/aromatic N) is 1. The van der Waals surface area contributed by atoms with Gasteiger partial charge in [-0.3, -0.25) is 4.79 Å². The maximum atomic E-state index is 11.7. The third-order valence-corrected chi connectivity index (χ3v) is 3.76. The molecule has 0 bridgehead atoms. The molecule has 2 aliphatic rings. The molecule has 0 N–H and O–H groups in total. The summed E-state index contributed by atoms with van der Waals surface area (Å²) in [7, 11) is 0. The Bertz CT molecular complexity index is 222. The summed E-state index contributed by atoms with van der Waals surface area (Å²) < 4.78 is 5.45. The van der Waals surface area contributed by atoms with E-state index < -0.39 is 0 Å². The van der Waals surface area contributed by atoms with Crippen LogP contribution in [0.5, 0.6) is 0 Å². The van der Waals surface area contributed by atoms with Crippen LogP contribution < -0.4 is 0 Å². The van der Waals surface area contributed by atoms with Gasteiger partial charge >= 0.3 is 0 Å². The maximum Gasteiger partial charge on any atom is 0.236 e. The highest BCUT2D eigenvalue weighted by Gasteiger charge is 2.38. The van der Waals surface area contributed by atoms with Crippen molar-refractivity contribution >= 4 is 21.8 Å². The van der Waals surface area contributed by atoms with E-state index >= 15 is 0 Å². The summed E-state index contributed by atoms with van der Waals surface area (Å²) in [4.78, 5) is 13.7. The van der Waals surface area contributed by atoms with Crippen LogP contribution in [0.25, 0.3) is 0 Å². The molecule has 0 aromatic heterocycles. The van der Waals surface area contributed by atoms with Crippen molar-refractivity contribution in [3.8, 4) is 0 Å². The maximum absolute atomic E-state index is 11.7. The minimum Gasteiger partial charge on any atom is -0.376 e. The molecule has 3 nitrogen and oxygen atoms in total. The number of halogens is 1. The van der Waals surface area contributed by atoms with Crippen LogP contribution in [0.1, 0.15) is 19.8 Å². The van der Waals surface area contributed by atoms with Crippen LogP contribution in [0.15, 0.2) is 0 Å². The summed E-state index contributed by atoms with van der Waals surface area (Å²) in [6, 6.07) is 0.315. The number of hydrogen-bond acceptors (Lipinski definition) is 2. The Morgan fingerprint density at radius 3 is 2.77 bits per heavy atom. The molecule has 2 heterocycles. The first-order valence-electron chi connectivity index (χ1n) is 4.76. The van der Waals surface area contributed by atoms with Gasteiger partial charge in [-0.1, -0.05) is 15.9 Å². The van der Waals surface area contributed by atoms with Gasteiger partial charge in [-0.15, -0.1) is 0 Å². The van der Waals surface area contributed by atoms with Crippen LogP contribution in [0.2, 0.25) is 0 Å². The number of carbonyl (C=O) groups is 1. The first-order chi connectivity index (χ1) is 6.20. The monoisotopic (exact) mass is 247 g/mol. The van der Waals surface area contributed by atoms with Gasteiger partial charge in [-0.2, -0.15) is 0 Å². The molecule has 3 atom stereocenters. The van der Waals surface area contributed by atoms with E-state index in [1.807, 2.05) is 11.8 Å². The molecule has 74 valence electrons. The van der Waals surface area contributed by atoms with Crippen LogP contribution in [-0.2, 0) is 9.53 Å². The topological polar surface area (TPSA) is 29.5 Å². The van der Waals surface area contributed by atoms with Gasteiger partial charge in [0.05, 0.1) is 17.0 Å². The molecule has 0 radical (unpaired) electrons. The average Bonchev–Trinajstić information content (AvgIpc) is 2.62. The Morgan fingerprint density at radius 1 is 1.54 bits per heavy atom. The van der Waals surface area contributed by atoms with Gasteiger partial charge in [0.1, 0.15) is 0 Å². The highest BCUT2D eigenvalue weighted by atomic mass is 79.9. The molecule has 4 heteroatoms. The Hall–Kier alpha value is -0.0900. The van der Waals surface area contributed by atoms with Gasteiger partial charge in [-0.05, 0) is 19.8 Å². The van der Waals surface area contributed by atoms with Gasteiger partial charge in [-0.25, -0.2) is 0 Å².